The number of benzene rings is 2. The molecule has 1 N–H and O–H groups in total. The Morgan fingerprint density at radius 1 is 1.08 bits per heavy atom. The fourth-order valence-electron chi connectivity index (χ4n) is 3.34. The maximum atomic E-state index is 12.6. The second-order valence-electron chi connectivity index (χ2n) is 6.44. The molecule has 25 heavy (non-hydrogen) atoms. The molecule has 0 spiro atoms. The first-order valence-electron chi connectivity index (χ1n) is 8.40. The maximum Gasteiger partial charge on any atom is 0.267 e. The number of amides is 1. The summed E-state index contributed by atoms with van der Waals surface area (Å²) in [5, 5.41) is 0. The lowest BCUT2D eigenvalue weighted by atomic mass is 9.98. The van der Waals surface area contributed by atoms with Gasteiger partial charge in [-0.3, -0.25) is 4.79 Å². The SMILES string of the molecule is O=C([C@@H]1COc2ccccc2O1)N1CC(c2nc3ccccc3[nH]2)C1. The van der Waals surface area contributed by atoms with Crippen LogP contribution in [0.25, 0.3) is 11.0 Å². The Hall–Kier alpha value is -3.02. The van der Waals surface area contributed by atoms with Gasteiger partial charge >= 0.3 is 0 Å². The van der Waals surface area contributed by atoms with Gasteiger partial charge in [-0.1, -0.05) is 24.3 Å². The fourth-order valence-corrected chi connectivity index (χ4v) is 3.34. The summed E-state index contributed by atoms with van der Waals surface area (Å²) in [4.78, 5) is 22.4. The highest BCUT2D eigenvalue weighted by Gasteiger charge is 2.39. The van der Waals surface area contributed by atoms with Crippen molar-refractivity contribution in [3.05, 3.63) is 54.4 Å². The highest BCUT2D eigenvalue weighted by molar-refractivity contribution is 5.83. The number of hydrogen-bond acceptors (Lipinski definition) is 4. The van der Waals surface area contributed by atoms with Crippen molar-refractivity contribution in [2.75, 3.05) is 19.7 Å². The zero-order valence-electron chi connectivity index (χ0n) is 13.5. The van der Waals surface area contributed by atoms with Gasteiger partial charge in [0.25, 0.3) is 5.91 Å². The third-order valence-electron chi connectivity index (χ3n) is 4.77. The minimum Gasteiger partial charge on any atom is -0.485 e. The Balaban J connectivity index is 1.25. The van der Waals surface area contributed by atoms with Crippen LogP contribution in [0.5, 0.6) is 11.5 Å². The summed E-state index contributed by atoms with van der Waals surface area (Å²) >= 11 is 0. The molecular formula is C19H17N3O3. The van der Waals surface area contributed by atoms with Crippen molar-refractivity contribution in [2.24, 2.45) is 0 Å². The van der Waals surface area contributed by atoms with Crippen LogP contribution in [0.15, 0.2) is 48.5 Å². The highest BCUT2D eigenvalue weighted by Crippen LogP contribution is 2.33. The van der Waals surface area contributed by atoms with Gasteiger partial charge in [-0.2, -0.15) is 0 Å². The van der Waals surface area contributed by atoms with E-state index in [1.54, 1.807) is 4.90 Å². The molecule has 6 nitrogen and oxygen atoms in total. The molecule has 0 aliphatic carbocycles. The Morgan fingerprint density at radius 2 is 1.84 bits per heavy atom. The largest absolute Gasteiger partial charge is 0.485 e. The average Bonchev–Trinajstić information content (AvgIpc) is 3.03. The molecule has 0 unspecified atom stereocenters. The molecular weight excluding hydrogens is 318 g/mol. The second-order valence-corrected chi connectivity index (χ2v) is 6.44. The summed E-state index contributed by atoms with van der Waals surface area (Å²) in [5.41, 5.74) is 1.99. The third-order valence-corrected chi connectivity index (χ3v) is 4.77. The zero-order chi connectivity index (χ0) is 16.8. The second kappa shape index (κ2) is 5.51. The summed E-state index contributed by atoms with van der Waals surface area (Å²) in [7, 11) is 0. The van der Waals surface area contributed by atoms with Crippen LogP contribution in [0, 0.1) is 0 Å². The highest BCUT2D eigenvalue weighted by atomic mass is 16.6. The zero-order valence-corrected chi connectivity index (χ0v) is 13.5. The molecule has 0 bridgehead atoms. The van der Waals surface area contributed by atoms with Crippen LogP contribution in [0.4, 0.5) is 0 Å². The first-order valence-corrected chi connectivity index (χ1v) is 8.40. The molecule has 3 aromatic rings. The molecule has 3 heterocycles. The topological polar surface area (TPSA) is 67.5 Å². The summed E-state index contributed by atoms with van der Waals surface area (Å²) in [6, 6.07) is 15.4. The Bertz CT molecular complexity index is 913. The van der Waals surface area contributed by atoms with Crippen LogP contribution in [0.2, 0.25) is 0 Å². The molecule has 1 amide bonds. The van der Waals surface area contributed by atoms with Crippen LogP contribution in [-0.2, 0) is 4.79 Å². The van der Waals surface area contributed by atoms with E-state index in [9.17, 15) is 4.79 Å². The van der Waals surface area contributed by atoms with Gasteiger partial charge in [0, 0.05) is 13.1 Å². The average molecular weight is 335 g/mol. The van der Waals surface area contributed by atoms with Crippen molar-refractivity contribution in [1.82, 2.24) is 14.9 Å². The molecule has 0 radical (unpaired) electrons. The van der Waals surface area contributed by atoms with E-state index in [-0.39, 0.29) is 18.4 Å². The number of aromatic nitrogens is 2. The molecule has 1 aromatic heterocycles. The van der Waals surface area contributed by atoms with E-state index in [2.05, 4.69) is 9.97 Å². The molecule has 126 valence electrons. The smallest absolute Gasteiger partial charge is 0.267 e. The molecule has 1 fully saturated rings. The van der Waals surface area contributed by atoms with Crippen LogP contribution >= 0.6 is 0 Å². The van der Waals surface area contributed by atoms with Crippen molar-refractivity contribution < 1.29 is 14.3 Å². The van der Waals surface area contributed by atoms with Gasteiger partial charge in [0.15, 0.2) is 11.5 Å². The number of rotatable bonds is 2. The summed E-state index contributed by atoms with van der Waals surface area (Å²) in [6.07, 6.45) is -0.577. The van der Waals surface area contributed by atoms with Crippen LogP contribution in [0.3, 0.4) is 0 Å². The molecule has 2 aromatic carbocycles. The monoisotopic (exact) mass is 335 g/mol. The van der Waals surface area contributed by atoms with E-state index < -0.39 is 6.10 Å². The number of para-hydroxylation sites is 4. The van der Waals surface area contributed by atoms with Crippen LogP contribution in [0.1, 0.15) is 11.7 Å². The quantitative estimate of drug-likeness (QED) is 0.780. The predicted octanol–water partition coefficient (Wildman–Crippen LogP) is 2.33. The number of ether oxygens (including phenoxy) is 2. The number of H-pyrrole nitrogens is 1. The molecule has 1 atom stereocenters. The fraction of sp³-hybridized carbons (Fsp3) is 0.263. The van der Waals surface area contributed by atoms with Gasteiger partial charge in [0.2, 0.25) is 6.10 Å². The van der Waals surface area contributed by atoms with Crippen molar-refractivity contribution in [3.8, 4) is 11.5 Å². The number of nitrogens with one attached hydrogen (secondary N) is 1. The molecule has 1 saturated heterocycles. The number of likely N-dealkylation sites (tertiary alicyclic amines) is 1. The van der Waals surface area contributed by atoms with E-state index in [0.29, 0.717) is 24.6 Å². The lowest BCUT2D eigenvalue weighted by Crippen LogP contribution is -2.55. The number of aromatic amines is 1. The van der Waals surface area contributed by atoms with Crippen molar-refractivity contribution in [2.45, 2.75) is 12.0 Å². The predicted molar refractivity (Wildman–Crippen MR) is 91.8 cm³/mol. The van der Waals surface area contributed by atoms with Gasteiger partial charge in [0.1, 0.15) is 12.4 Å². The Kier molecular flexibility index (Phi) is 3.16. The molecule has 0 saturated carbocycles. The van der Waals surface area contributed by atoms with Crippen molar-refractivity contribution in [1.29, 1.82) is 0 Å². The number of nitrogens with zero attached hydrogens (tertiary/aromatic N) is 2. The van der Waals surface area contributed by atoms with Gasteiger partial charge < -0.3 is 19.4 Å². The Morgan fingerprint density at radius 3 is 2.68 bits per heavy atom. The number of fused-ring (bicyclic) bond motifs is 2. The maximum absolute atomic E-state index is 12.6. The summed E-state index contributed by atoms with van der Waals surface area (Å²) < 4.78 is 11.4. The number of hydrogen-bond donors (Lipinski definition) is 1. The molecule has 6 heteroatoms. The third kappa shape index (κ3) is 2.41. The standard InChI is InChI=1S/C19H17N3O3/c23-19(17-11-24-15-7-3-4-8-16(15)25-17)22-9-12(10-22)18-20-13-5-1-2-6-14(13)21-18/h1-8,12,17H,9-11H2,(H,20,21)/t17-/m0/s1. The lowest BCUT2D eigenvalue weighted by Gasteiger charge is -2.40. The van der Waals surface area contributed by atoms with Gasteiger partial charge in [-0.25, -0.2) is 4.98 Å². The minimum atomic E-state index is -0.577. The van der Waals surface area contributed by atoms with E-state index in [0.717, 1.165) is 16.9 Å². The van der Waals surface area contributed by atoms with E-state index in [1.807, 2.05) is 48.5 Å². The number of carbonyl (C=O) groups is 1. The van der Waals surface area contributed by atoms with Crippen molar-refractivity contribution >= 4 is 16.9 Å². The van der Waals surface area contributed by atoms with E-state index in [4.69, 9.17) is 9.47 Å². The van der Waals surface area contributed by atoms with Gasteiger partial charge in [-0.05, 0) is 24.3 Å². The van der Waals surface area contributed by atoms with Gasteiger partial charge in [-0.15, -0.1) is 0 Å². The normalized spacial score (nSPS) is 19.7. The van der Waals surface area contributed by atoms with E-state index in [1.165, 1.54) is 0 Å². The summed E-state index contributed by atoms with van der Waals surface area (Å²) in [6.45, 7) is 1.56. The first-order chi connectivity index (χ1) is 12.3. The van der Waals surface area contributed by atoms with E-state index >= 15 is 0 Å². The molecule has 2 aliphatic rings. The number of imidazole rings is 1. The van der Waals surface area contributed by atoms with Crippen LogP contribution < -0.4 is 9.47 Å². The molecule has 5 rings (SSSR count). The summed E-state index contributed by atoms with van der Waals surface area (Å²) in [5.74, 6) is 2.48. The van der Waals surface area contributed by atoms with Gasteiger partial charge in [0.05, 0.1) is 17.0 Å². The minimum absolute atomic E-state index is 0.0261. The Labute approximate surface area is 144 Å². The lowest BCUT2D eigenvalue weighted by molar-refractivity contribution is -0.145. The number of carbonyl (C=O) groups excluding carboxylic acids is 1. The van der Waals surface area contributed by atoms with Crippen LogP contribution in [-0.4, -0.2) is 46.6 Å². The first kappa shape index (κ1) is 14.3. The van der Waals surface area contributed by atoms with Crippen molar-refractivity contribution in [3.63, 3.8) is 0 Å². The molecule has 2 aliphatic heterocycles.